The van der Waals surface area contributed by atoms with E-state index < -0.39 is 0 Å². The van der Waals surface area contributed by atoms with Gasteiger partial charge >= 0.3 is 0 Å². The number of nitrogens with one attached hydrogen (secondary N) is 2. The molecule has 0 bridgehead atoms. The van der Waals surface area contributed by atoms with Gasteiger partial charge in [-0.3, -0.25) is 30.0 Å². The van der Waals surface area contributed by atoms with Gasteiger partial charge in [-0.05, 0) is 17.7 Å². The van der Waals surface area contributed by atoms with E-state index in [1.54, 1.807) is 23.1 Å². The number of benzene rings is 1. The Balaban J connectivity index is 2.12. The highest BCUT2D eigenvalue weighted by Gasteiger charge is 2.22. The largest absolute Gasteiger partial charge is 0.294 e. The highest BCUT2D eigenvalue weighted by Crippen LogP contribution is 2.20. The molecule has 0 unspecified atom stereocenters. The maximum absolute atomic E-state index is 11.4. The topological polar surface area (TPSA) is 105 Å². The molecule has 106 valence electrons. The summed E-state index contributed by atoms with van der Waals surface area (Å²) in [4.78, 5) is 35.7. The van der Waals surface area contributed by atoms with Gasteiger partial charge in [-0.25, -0.2) is 5.84 Å². The van der Waals surface area contributed by atoms with E-state index in [9.17, 15) is 14.4 Å². The Hall–Kier alpha value is -1.77. The summed E-state index contributed by atoms with van der Waals surface area (Å²) in [7, 11) is 0. The number of carbonyl (C=O) groups excluding carboxylic acids is 3. The quantitative estimate of drug-likeness (QED) is 0.298. The Kier molecular flexibility index (Phi) is 4.48. The second kappa shape index (κ2) is 6.12. The minimum atomic E-state index is -0.384. The lowest BCUT2D eigenvalue weighted by molar-refractivity contribution is -0.136. The molecule has 7 nitrogen and oxygen atoms in total. The number of halogens is 1. The first kappa shape index (κ1) is 14.6. The van der Waals surface area contributed by atoms with Gasteiger partial charge in [0.25, 0.3) is 5.91 Å². The predicted octanol–water partition coefficient (Wildman–Crippen LogP) is -0.489. The molecule has 0 aromatic heterocycles. The molecule has 4 N–H and O–H groups in total. The number of imide groups is 1. The summed E-state index contributed by atoms with van der Waals surface area (Å²) in [6.45, 7) is 0.775. The van der Waals surface area contributed by atoms with Crippen LogP contribution in [0.1, 0.15) is 15.9 Å². The fourth-order valence-electron chi connectivity index (χ4n) is 1.95. The number of hydrogen-bond donors (Lipinski definition) is 3. The molecule has 0 aliphatic carbocycles. The molecule has 20 heavy (non-hydrogen) atoms. The average Bonchev–Trinajstić information content (AvgIpc) is 2.39. The van der Waals surface area contributed by atoms with Crippen LogP contribution < -0.4 is 16.6 Å². The van der Waals surface area contributed by atoms with E-state index in [0.717, 1.165) is 10.0 Å². The average molecular weight is 341 g/mol. The molecule has 0 saturated carbocycles. The van der Waals surface area contributed by atoms with Gasteiger partial charge in [0, 0.05) is 16.6 Å². The van der Waals surface area contributed by atoms with Crippen LogP contribution in [-0.4, -0.2) is 35.7 Å². The van der Waals surface area contributed by atoms with E-state index in [2.05, 4.69) is 26.7 Å². The molecule has 0 atom stereocenters. The normalized spacial score (nSPS) is 15.9. The first-order valence-corrected chi connectivity index (χ1v) is 6.63. The second-order valence-corrected chi connectivity index (χ2v) is 5.25. The Morgan fingerprint density at radius 2 is 2.00 bits per heavy atom. The monoisotopic (exact) mass is 340 g/mol. The Morgan fingerprint density at radius 3 is 2.55 bits per heavy atom. The van der Waals surface area contributed by atoms with Crippen molar-refractivity contribution in [1.82, 2.24) is 15.6 Å². The van der Waals surface area contributed by atoms with E-state index in [1.807, 2.05) is 0 Å². The molecule has 8 heteroatoms. The van der Waals surface area contributed by atoms with E-state index in [4.69, 9.17) is 5.84 Å². The number of nitrogens with two attached hydrogens (primary N) is 1. The van der Waals surface area contributed by atoms with Gasteiger partial charge in [0.1, 0.15) is 0 Å². The molecule has 1 fully saturated rings. The van der Waals surface area contributed by atoms with E-state index in [-0.39, 0.29) is 30.8 Å². The SMILES string of the molecule is NNC(=O)c1ccc(CN2CC(=O)NC(=O)C2)c(Br)c1. The lowest BCUT2D eigenvalue weighted by atomic mass is 10.1. The van der Waals surface area contributed by atoms with Gasteiger partial charge < -0.3 is 0 Å². The third kappa shape index (κ3) is 3.41. The van der Waals surface area contributed by atoms with Crippen LogP contribution in [0, 0.1) is 0 Å². The molecule has 1 heterocycles. The van der Waals surface area contributed by atoms with Crippen LogP contribution in [0.25, 0.3) is 0 Å². The molecule has 1 aliphatic rings. The van der Waals surface area contributed by atoms with E-state index in [0.29, 0.717) is 12.1 Å². The lowest BCUT2D eigenvalue weighted by Crippen LogP contribution is -2.50. The van der Waals surface area contributed by atoms with Gasteiger partial charge in [0.05, 0.1) is 13.1 Å². The zero-order valence-corrected chi connectivity index (χ0v) is 12.1. The molecule has 1 saturated heterocycles. The molecular weight excluding hydrogens is 328 g/mol. The first-order chi connectivity index (χ1) is 9.49. The smallest absolute Gasteiger partial charge is 0.265 e. The summed E-state index contributed by atoms with van der Waals surface area (Å²) in [5.41, 5.74) is 3.36. The van der Waals surface area contributed by atoms with Crippen molar-refractivity contribution < 1.29 is 14.4 Å². The van der Waals surface area contributed by atoms with Crippen molar-refractivity contribution in [1.29, 1.82) is 0 Å². The maximum Gasteiger partial charge on any atom is 0.265 e. The third-order valence-corrected chi connectivity index (χ3v) is 3.59. The van der Waals surface area contributed by atoms with Crippen molar-refractivity contribution in [3.8, 4) is 0 Å². The summed E-state index contributed by atoms with van der Waals surface area (Å²) in [5.74, 6) is 4.07. The van der Waals surface area contributed by atoms with Gasteiger partial charge in [-0.1, -0.05) is 22.0 Å². The number of piperazine rings is 1. The van der Waals surface area contributed by atoms with Crippen LogP contribution in [0.15, 0.2) is 22.7 Å². The predicted molar refractivity (Wildman–Crippen MR) is 74.2 cm³/mol. The standard InChI is InChI=1S/C12H13BrN4O3/c13-9-3-7(12(20)16-14)1-2-8(9)4-17-5-10(18)15-11(19)6-17/h1-3H,4-6,14H2,(H,16,20)(H,15,18,19). The number of nitrogen functional groups attached to an aromatic ring is 1. The number of hydrogen-bond acceptors (Lipinski definition) is 5. The molecular formula is C12H13BrN4O3. The van der Waals surface area contributed by atoms with Gasteiger partial charge in [0.2, 0.25) is 11.8 Å². The van der Waals surface area contributed by atoms with Crippen molar-refractivity contribution in [2.24, 2.45) is 5.84 Å². The van der Waals surface area contributed by atoms with Crippen molar-refractivity contribution in [3.63, 3.8) is 0 Å². The van der Waals surface area contributed by atoms with Crippen LogP contribution in [0.3, 0.4) is 0 Å². The highest BCUT2D eigenvalue weighted by molar-refractivity contribution is 9.10. The molecule has 0 radical (unpaired) electrons. The highest BCUT2D eigenvalue weighted by atomic mass is 79.9. The fraction of sp³-hybridized carbons (Fsp3) is 0.250. The van der Waals surface area contributed by atoms with E-state index >= 15 is 0 Å². The Bertz CT molecular complexity index is 560. The zero-order valence-electron chi connectivity index (χ0n) is 10.5. The summed E-state index contributed by atoms with van der Waals surface area (Å²) >= 11 is 3.37. The molecule has 1 aliphatic heterocycles. The van der Waals surface area contributed by atoms with Crippen LogP contribution in [0.4, 0.5) is 0 Å². The third-order valence-electron chi connectivity index (χ3n) is 2.85. The first-order valence-electron chi connectivity index (χ1n) is 5.84. The number of amides is 3. The summed E-state index contributed by atoms with van der Waals surface area (Å²) in [6, 6.07) is 5.03. The van der Waals surface area contributed by atoms with Crippen molar-refractivity contribution in [2.45, 2.75) is 6.54 Å². The maximum atomic E-state index is 11.4. The van der Waals surface area contributed by atoms with Gasteiger partial charge in [-0.2, -0.15) is 0 Å². The number of nitrogens with zero attached hydrogens (tertiary/aromatic N) is 1. The number of carbonyl (C=O) groups is 3. The Morgan fingerprint density at radius 1 is 1.35 bits per heavy atom. The zero-order chi connectivity index (χ0) is 14.7. The van der Waals surface area contributed by atoms with Crippen LogP contribution in [0.5, 0.6) is 0 Å². The fourth-order valence-corrected chi connectivity index (χ4v) is 2.45. The second-order valence-electron chi connectivity index (χ2n) is 4.40. The van der Waals surface area contributed by atoms with Crippen LogP contribution >= 0.6 is 15.9 Å². The van der Waals surface area contributed by atoms with Crippen LogP contribution in [0.2, 0.25) is 0 Å². The molecule has 0 spiro atoms. The summed E-state index contributed by atoms with van der Waals surface area (Å²) < 4.78 is 0.719. The summed E-state index contributed by atoms with van der Waals surface area (Å²) in [5, 5.41) is 2.24. The minimum absolute atomic E-state index is 0.170. The minimum Gasteiger partial charge on any atom is -0.294 e. The van der Waals surface area contributed by atoms with Gasteiger partial charge in [0.15, 0.2) is 0 Å². The van der Waals surface area contributed by atoms with Crippen molar-refractivity contribution in [3.05, 3.63) is 33.8 Å². The van der Waals surface area contributed by atoms with Crippen LogP contribution in [-0.2, 0) is 16.1 Å². The number of rotatable bonds is 3. The van der Waals surface area contributed by atoms with Crippen molar-refractivity contribution in [2.75, 3.05) is 13.1 Å². The number of hydrazine groups is 1. The lowest BCUT2D eigenvalue weighted by Gasteiger charge is -2.25. The molecule has 1 aromatic rings. The molecule has 2 rings (SSSR count). The molecule has 1 aromatic carbocycles. The van der Waals surface area contributed by atoms with Crippen molar-refractivity contribution >= 4 is 33.7 Å². The van der Waals surface area contributed by atoms with Gasteiger partial charge in [-0.15, -0.1) is 0 Å². The summed E-state index contributed by atoms with van der Waals surface area (Å²) in [6.07, 6.45) is 0. The Labute approximate surface area is 123 Å². The molecule has 3 amide bonds. The van der Waals surface area contributed by atoms with E-state index in [1.165, 1.54) is 0 Å².